The molecule has 1 aromatic carbocycles. The van der Waals surface area contributed by atoms with Gasteiger partial charge in [0.25, 0.3) is 5.69 Å². The molecule has 1 atom stereocenters. The summed E-state index contributed by atoms with van der Waals surface area (Å²) >= 11 is 0. The van der Waals surface area contributed by atoms with Crippen molar-refractivity contribution >= 4 is 5.69 Å². The monoisotopic (exact) mass is 259 g/mol. The summed E-state index contributed by atoms with van der Waals surface area (Å²) in [5.41, 5.74) is 0.898. The second kappa shape index (κ2) is 5.81. The number of piperidine rings is 1. The lowest BCUT2D eigenvalue weighted by Crippen LogP contribution is -2.35. The molecule has 0 spiro atoms. The van der Waals surface area contributed by atoms with E-state index in [4.69, 9.17) is 0 Å². The molecule has 19 heavy (non-hydrogen) atoms. The van der Waals surface area contributed by atoms with Crippen molar-refractivity contribution in [1.82, 2.24) is 4.90 Å². The van der Waals surface area contributed by atoms with Gasteiger partial charge in [-0.15, -0.1) is 0 Å². The highest BCUT2D eigenvalue weighted by Gasteiger charge is 2.24. The van der Waals surface area contributed by atoms with Gasteiger partial charge in [0.1, 0.15) is 6.04 Å². The molecule has 0 bridgehead atoms. The molecule has 0 N–H and O–H groups in total. The van der Waals surface area contributed by atoms with Crippen molar-refractivity contribution in [2.45, 2.75) is 25.8 Å². The Balaban J connectivity index is 2.13. The van der Waals surface area contributed by atoms with Crippen LogP contribution in [0.25, 0.3) is 0 Å². The fraction of sp³-hybridized carbons (Fsp3) is 0.500. The minimum atomic E-state index is -0.423. The normalized spacial score (nSPS) is 18.7. The molecule has 1 aliphatic heterocycles. The van der Waals surface area contributed by atoms with Crippen LogP contribution < -0.4 is 0 Å². The molecular formula is C14H17N3O2. The van der Waals surface area contributed by atoms with Gasteiger partial charge >= 0.3 is 0 Å². The molecule has 2 rings (SSSR count). The Kier molecular flexibility index (Phi) is 4.13. The van der Waals surface area contributed by atoms with Crippen molar-refractivity contribution in [3.63, 3.8) is 0 Å². The fourth-order valence-corrected chi connectivity index (χ4v) is 2.43. The third-order valence-corrected chi connectivity index (χ3v) is 3.73. The Bertz CT molecular complexity index is 484. The lowest BCUT2D eigenvalue weighted by atomic mass is 9.96. The van der Waals surface area contributed by atoms with E-state index in [1.54, 1.807) is 12.1 Å². The summed E-state index contributed by atoms with van der Waals surface area (Å²) < 4.78 is 0. The van der Waals surface area contributed by atoms with Gasteiger partial charge in [-0.3, -0.25) is 15.0 Å². The first kappa shape index (κ1) is 13.5. The molecule has 0 saturated carbocycles. The largest absolute Gasteiger partial charge is 0.284 e. The van der Waals surface area contributed by atoms with Crippen LogP contribution in [0.15, 0.2) is 24.3 Å². The van der Waals surface area contributed by atoms with Crippen LogP contribution >= 0.6 is 0 Å². The third-order valence-electron chi connectivity index (χ3n) is 3.73. The zero-order valence-electron chi connectivity index (χ0n) is 11.0. The quantitative estimate of drug-likeness (QED) is 0.618. The molecule has 1 unspecified atom stereocenters. The van der Waals surface area contributed by atoms with Gasteiger partial charge in [-0.1, -0.05) is 6.92 Å². The van der Waals surface area contributed by atoms with Gasteiger partial charge in [-0.25, -0.2) is 0 Å². The Morgan fingerprint density at radius 3 is 2.42 bits per heavy atom. The number of nitro groups is 1. The third kappa shape index (κ3) is 3.09. The van der Waals surface area contributed by atoms with Gasteiger partial charge in [0, 0.05) is 12.1 Å². The minimum Gasteiger partial charge on any atom is -0.284 e. The van der Waals surface area contributed by atoms with Crippen molar-refractivity contribution in [2.75, 3.05) is 13.1 Å². The topological polar surface area (TPSA) is 70.2 Å². The van der Waals surface area contributed by atoms with Gasteiger partial charge in [0.2, 0.25) is 0 Å². The number of rotatable bonds is 3. The molecule has 0 amide bonds. The summed E-state index contributed by atoms with van der Waals surface area (Å²) in [4.78, 5) is 12.4. The predicted octanol–water partition coefficient (Wildman–Crippen LogP) is 2.89. The maximum atomic E-state index is 10.6. The van der Waals surface area contributed by atoms with Crippen molar-refractivity contribution in [3.05, 3.63) is 39.9 Å². The van der Waals surface area contributed by atoms with Gasteiger partial charge in [-0.05, 0) is 49.5 Å². The molecular weight excluding hydrogens is 242 g/mol. The number of likely N-dealkylation sites (tertiary alicyclic amines) is 1. The average Bonchev–Trinajstić information content (AvgIpc) is 2.42. The number of nitro benzene ring substituents is 1. The molecule has 0 radical (unpaired) electrons. The highest BCUT2D eigenvalue weighted by molar-refractivity contribution is 5.36. The second-order valence-electron chi connectivity index (χ2n) is 5.10. The van der Waals surface area contributed by atoms with E-state index in [-0.39, 0.29) is 11.7 Å². The molecule has 0 aliphatic carbocycles. The van der Waals surface area contributed by atoms with E-state index < -0.39 is 4.92 Å². The molecule has 1 fully saturated rings. The number of non-ortho nitro benzene ring substituents is 1. The Hall–Kier alpha value is -1.93. The van der Waals surface area contributed by atoms with Gasteiger partial charge in [-0.2, -0.15) is 5.26 Å². The molecule has 0 aromatic heterocycles. The molecule has 100 valence electrons. The summed E-state index contributed by atoms with van der Waals surface area (Å²) in [6.45, 7) is 4.05. The molecule has 5 heteroatoms. The van der Waals surface area contributed by atoms with E-state index in [1.807, 2.05) is 0 Å². The number of hydrogen-bond acceptors (Lipinski definition) is 4. The van der Waals surface area contributed by atoms with Gasteiger partial charge < -0.3 is 0 Å². The number of benzene rings is 1. The van der Waals surface area contributed by atoms with E-state index in [9.17, 15) is 15.4 Å². The van der Waals surface area contributed by atoms with Crippen molar-refractivity contribution < 1.29 is 4.92 Å². The van der Waals surface area contributed by atoms with E-state index >= 15 is 0 Å². The first-order valence-corrected chi connectivity index (χ1v) is 6.50. The van der Waals surface area contributed by atoms with Crippen LogP contribution in [0.3, 0.4) is 0 Å². The van der Waals surface area contributed by atoms with Crippen LogP contribution in [-0.4, -0.2) is 22.9 Å². The summed E-state index contributed by atoms with van der Waals surface area (Å²) in [5, 5.41) is 20.0. The Labute approximate surface area is 112 Å². The van der Waals surface area contributed by atoms with Crippen molar-refractivity contribution in [3.8, 4) is 6.07 Å². The van der Waals surface area contributed by atoms with Gasteiger partial charge in [0.05, 0.1) is 11.0 Å². The summed E-state index contributed by atoms with van der Waals surface area (Å²) in [6.07, 6.45) is 2.20. The zero-order valence-corrected chi connectivity index (χ0v) is 11.0. The average molecular weight is 259 g/mol. The van der Waals surface area contributed by atoms with Crippen LogP contribution in [0, 0.1) is 27.4 Å². The molecule has 1 aromatic rings. The standard InChI is InChI=1S/C14H17N3O2/c1-11-6-8-16(9-7-11)14(10-15)12-2-4-13(5-3-12)17(18)19/h2-5,11,14H,6-9H2,1H3. The summed E-state index contributed by atoms with van der Waals surface area (Å²) in [6, 6.07) is 8.31. The fourth-order valence-electron chi connectivity index (χ4n) is 2.43. The molecule has 1 aliphatic rings. The maximum Gasteiger partial charge on any atom is 0.269 e. The summed E-state index contributed by atoms with van der Waals surface area (Å²) in [5.74, 6) is 0.715. The predicted molar refractivity (Wildman–Crippen MR) is 71.4 cm³/mol. The Morgan fingerprint density at radius 2 is 1.95 bits per heavy atom. The van der Waals surface area contributed by atoms with Crippen molar-refractivity contribution in [2.24, 2.45) is 5.92 Å². The lowest BCUT2D eigenvalue weighted by molar-refractivity contribution is -0.384. The van der Waals surface area contributed by atoms with E-state index in [0.717, 1.165) is 31.5 Å². The first-order chi connectivity index (χ1) is 9.11. The first-order valence-electron chi connectivity index (χ1n) is 6.50. The highest BCUT2D eigenvalue weighted by Crippen LogP contribution is 2.27. The highest BCUT2D eigenvalue weighted by atomic mass is 16.6. The van der Waals surface area contributed by atoms with Crippen LogP contribution in [-0.2, 0) is 0 Å². The van der Waals surface area contributed by atoms with Crippen LogP contribution in [0.2, 0.25) is 0 Å². The van der Waals surface area contributed by atoms with E-state index in [2.05, 4.69) is 17.9 Å². The lowest BCUT2D eigenvalue weighted by Gasteiger charge is -2.33. The Morgan fingerprint density at radius 1 is 1.37 bits per heavy atom. The SMILES string of the molecule is CC1CCN(C(C#N)c2ccc([N+](=O)[O-])cc2)CC1. The van der Waals surface area contributed by atoms with Crippen LogP contribution in [0.5, 0.6) is 0 Å². The maximum absolute atomic E-state index is 10.6. The van der Waals surface area contributed by atoms with Crippen molar-refractivity contribution in [1.29, 1.82) is 5.26 Å². The zero-order chi connectivity index (χ0) is 13.8. The number of nitrogens with zero attached hydrogens (tertiary/aromatic N) is 3. The van der Waals surface area contributed by atoms with Gasteiger partial charge in [0.15, 0.2) is 0 Å². The van der Waals surface area contributed by atoms with Crippen LogP contribution in [0.4, 0.5) is 5.69 Å². The second-order valence-corrected chi connectivity index (χ2v) is 5.10. The molecule has 1 saturated heterocycles. The van der Waals surface area contributed by atoms with E-state index in [1.165, 1.54) is 12.1 Å². The smallest absolute Gasteiger partial charge is 0.269 e. The molecule has 1 heterocycles. The number of nitriles is 1. The van der Waals surface area contributed by atoms with Crippen LogP contribution in [0.1, 0.15) is 31.4 Å². The molecule has 5 nitrogen and oxygen atoms in total. The number of hydrogen-bond donors (Lipinski definition) is 0. The minimum absolute atomic E-state index is 0.0627. The van der Waals surface area contributed by atoms with E-state index in [0.29, 0.717) is 5.92 Å². The summed E-state index contributed by atoms with van der Waals surface area (Å²) in [7, 11) is 0.